The third-order valence-electron chi connectivity index (χ3n) is 10.2. The number of amides is 1. The fraction of sp³-hybridized carbons (Fsp3) is 0.740. The molecule has 0 aromatic carbocycles. The fourth-order valence-corrected chi connectivity index (χ4v) is 6.68. The van der Waals surface area contributed by atoms with E-state index in [4.69, 9.17) is 0 Å². The van der Waals surface area contributed by atoms with Crippen LogP contribution in [-0.2, 0) is 4.79 Å². The highest BCUT2D eigenvalue weighted by Crippen LogP contribution is 2.15. The van der Waals surface area contributed by atoms with Crippen LogP contribution in [0.3, 0.4) is 0 Å². The molecule has 0 spiro atoms. The average Bonchev–Trinajstić information content (AvgIpc) is 3.18. The Morgan fingerprint density at radius 2 is 0.815 bits per heavy atom. The molecule has 0 aromatic heterocycles. The van der Waals surface area contributed by atoms with Gasteiger partial charge < -0.3 is 15.5 Å². The van der Waals surface area contributed by atoms with Gasteiger partial charge >= 0.3 is 0 Å². The minimum Gasteiger partial charge on any atom is -0.394 e. The van der Waals surface area contributed by atoms with Crippen LogP contribution in [0.5, 0.6) is 0 Å². The minimum absolute atomic E-state index is 0.0701. The predicted octanol–water partition coefficient (Wildman–Crippen LogP) is 14.7. The Morgan fingerprint density at radius 3 is 1.22 bits per heavy atom. The maximum Gasteiger partial charge on any atom is 0.220 e. The third-order valence-corrected chi connectivity index (χ3v) is 10.2. The number of carbonyl (C=O) groups excluding carboxylic acids is 1. The molecule has 2 atom stereocenters. The lowest BCUT2D eigenvalue weighted by Gasteiger charge is -2.20. The van der Waals surface area contributed by atoms with Crippen LogP contribution in [0.25, 0.3) is 0 Å². The Bertz CT molecular complexity index is 946. The number of allylic oxidation sites excluding steroid dienone is 11. The molecule has 0 bridgehead atoms. The maximum atomic E-state index is 12.4. The van der Waals surface area contributed by atoms with Crippen LogP contribution in [0.1, 0.15) is 219 Å². The summed E-state index contributed by atoms with van der Waals surface area (Å²) in [6, 6.07) is -0.626. The summed E-state index contributed by atoms with van der Waals surface area (Å²) in [5.74, 6) is -0.0701. The zero-order valence-electron chi connectivity index (χ0n) is 35.7. The smallest absolute Gasteiger partial charge is 0.220 e. The van der Waals surface area contributed by atoms with E-state index in [1.54, 1.807) is 6.08 Å². The first-order valence-electron chi connectivity index (χ1n) is 23.2. The van der Waals surface area contributed by atoms with Crippen molar-refractivity contribution in [3.63, 3.8) is 0 Å². The van der Waals surface area contributed by atoms with Crippen molar-refractivity contribution in [3.8, 4) is 0 Å². The van der Waals surface area contributed by atoms with Crippen LogP contribution in [0.2, 0.25) is 0 Å². The lowest BCUT2D eigenvalue weighted by molar-refractivity contribution is -0.123. The Labute approximate surface area is 336 Å². The molecule has 0 aliphatic carbocycles. The molecule has 4 nitrogen and oxygen atoms in total. The molecule has 4 heteroatoms. The Kier molecular flexibility index (Phi) is 43.4. The van der Waals surface area contributed by atoms with E-state index in [9.17, 15) is 15.0 Å². The number of carbonyl (C=O) groups is 1. The number of hydrogen-bond donors (Lipinski definition) is 3. The summed E-state index contributed by atoms with van der Waals surface area (Å²) in [7, 11) is 0. The predicted molar refractivity (Wildman–Crippen MR) is 239 cm³/mol. The quantitative estimate of drug-likeness (QED) is 0.0430. The maximum absolute atomic E-state index is 12.4. The van der Waals surface area contributed by atoms with Crippen LogP contribution in [0.15, 0.2) is 72.9 Å². The van der Waals surface area contributed by atoms with E-state index in [1.807, 2.05) is 6.08 Å². The fourth-order valence-electron chi connectivity index (χ4n) is 6.68. The van der Waals surface area contributed by atoms with Gasteiger partial charge in [0.2, 0.25) is 5.91 Å². The van der Waals surface area contributed by atoms with Crippen molar-refractivity contribution in [2.45, 2.75) is 231 Å². The van der Waals surface area contributed by atoms with E-state index < -0.39 is 12.1 Å². The number of hydrogen-bond acceptors (Lipinski definition) is 3. The van der Waals surface area contributed by atoms with Gasteiger partial charge in [0.25, 0.3) is 0 Å². The van der Waals surface area contributed by atoms with Gasteiger partial charge in [-0.05, 0) is 64.2 Å². The average molecular weight is 752 g/mol. The lowest BCUT2D eigenvalue weighted by atomic mass is 10.0. The van der Waals surface area contributed by atoms with Gasteiger partial charge in [-0.15, -0.1) is 0 Å². The first kappa shape index (κ1) is 51.8. The molecule has 312 valence electrons. The Balaban J connectivity index is 3.58. The van der Waals surface area contributed by atoms with Crippen molar-refractivity contribution >= 4 is 5.91 Å². The Morgan fingerprint density at radius 1 is 0.463 bits per heavy atom. The summed E-state index contributed by atoms with van der Waals surface area (Å²) in [4.78, 5) is 12.4. The molecule has 0 aromatic rings. The lowest BCUT2D eigenvalue weighted by Crippen LogP contribution is -2.45. The van der Waals surface area contributed by atoms with E-state index in [2.05, 4.69) is 79.9 Å². The minimum atomic E-state index is -0.843. The van der Waals surface area contributed by atoms with Crippen molar-refractivity contribution in [2.75, 3.05) is 6.61 Å². The molecular formula is C50H89NO3. The van der Waals surface area contributed by atoms with Crippen molar-refractivity contribution in [1.82, 2.24) is 5.32 Å². The van der Waals surface area contributed by atoms with E-state index in [0.29, 0.717) is 6.42 Å². The second-order valence-electron chi connectivity index (χ2n) is 15.4. The van der Waals surface area contributed by atoms with Crippen LogP contribution in [-0.4, -0.2) is 34.9 Å². The van der Waals surface area contributed by atoms with Crippen LogP contribution in [0.4, 0.5) is 0 Å². The van der Waals surface area contributed by atoms with Crippen LogP contribution >= 0.6 is 0 Å². The van der Waals surface area contributed by atoms with Gasteiger partial charge in [-0.1, -0.05) is 222 Å². The van der Waals surface area contributed by atoms with Gasteiger partial charge in [0, 0.05) is 6.42 Å². The molecule has 54 heavy (non-hydrogen) atoms. The summed E-state index contributed by atoms with van der Waals surface area (Å²) in [6.45, 7) is 4.19. The van der Waals surface area contributed by atoms with Gasteiger partial charge in [0.15, 0.2) is 0 Å². The summed E-state index contributed by atoms with van der Waals surface area (Å²) in [6.07, 6.45) is 64.4. The van der Waals surface area contributed by atoms with Crippen LogP contribution < -0.4 is 5.32 Å². The zero-order valence-corrected chi connectivity index (χ0v) is 35.7. The second-order valence-corrected chi connectivity index (χ2v) is 15.4. The monoisotopic (exact) mass is 752 g/mol. The largest absolute Gasteiger partial charge is 0.394 e. The molecule has 1 amide bonds. The van der Waals surface area contributed by atoms with Crippen LogP contribution in [0, 0.1) is 0 Å². The molecule has 0 saturated carbocycles. The van der Waals surface area contributed by atoms with Gasteiger partial charge in [-0.25, -0.2) is 0 Å². The first-order valence-corrected chi connectivity index (χ1v) is 23.2. The highest BCUT2D eigenvalue weighted by molar-refractivity contribution is 5.76. The molecule has 0 aliphatic heterocycles. The molecule has 2 unspecified atom stereocenters. The number of nitrogens with one attached hydrogen (secondary N) is 1. The van der Waals surface area contributed by atoms with E-state index in [0.717, 1.165) is 57.8 Å². The molecule has 0 rings (SSSR count). The highest BCUT2D eigenvalue weighted by atomic mass is 16.3. The summed E-state index contributed by atoms with van der Waals surface area (Å²) >= 11 is 0. The number of rotatable bonds is 41. The molecule has 0 fully saturated rings. The zero-order chi connectivity index (χ0) is 39.3. The molecule has 0 radical (unpaired) electrons. The third kappa shape index (κ3) is 41.0. The van der Waals surface area contributed by atoms with Crippen molar-refractivity contribution in [2.24, 2.45) is 0 Å². The van der Waals surface area contributed by atoms with Gasteiger partial charge in [0.05, 0.1) is 18.8 Å². The van der Waals surface area contributed by atoms with E-state index >= 15 is 0 Å². The summed E-state index contributed by atoms with van der Waals surface area (Å²) < 4.78 is 0. The first-order chi connectivity index (χ1) is 26.7. The SMILES string of the molecule is CC/C=C\C/C=C\C/C=C\C/C=C\C/C=C\CCCCCCCCCCCCCC(=O)NC(CO)C(O)/C=C/CCCCCCCCCCCCCCC. The van der Waals surface area contributed by atoms with Gasteiger partial charge in [0.1, 0.15) is 0 Å². The molecule has 0 heterocycles. The van der Waals surface area contributed by atoms with Crippen molar-refractivity contribution < 1.29 is 15.0 Å². The van der Waals surface area contributed by atoms with Crippen molar-refractivity contribution in [3.05, 3.63) is 72.9 Å². The van der Waals surface area contributed by atoms with Gasteiger partial charge in [-0.3, -0.25) is 4.79 Å². The van der Waals surface area contributed by atoms with Crippen molar-refractivity contribution in [1.29, 1.82) is 0 Å². The van der Waals surface area contributed by atoms with E-state index in [1.165, 1.54) is 141 Å². The molecule has 0 saturated heterocycles. The summed E-state index contributed by atoms with van der Waals surface area (Å²) in [5.41, 5.74) is 0. The molecular weight excluding hydrogens is 663 g/mol. The molecule has 0 aliphatic rings. The topological polar surface area (TPSA) is 69.6 Å². The van der Waals surface area contributed by atoms with Gasteiger partial charge in [-0.2, -0.15) is 0 Å². The highest BCUT2D eigenvalue weighted by Gasteiger charge is 2.17. The summed E-state index contributed by atoms with van der Waals surface area (Å²) in [5, 5.41) is 23.0. The Hall–Kier alpha value is -2.17. The number of aliphatic hydroxyl groups is 2. The van der Waals surface area contributed by atoms with E-state index in [-0.39, 0.29) is 12.5 Å². The molecule has 3 N–H and O–H groups in total. The number of aliphatic hydroxyl groups excluding tert-OH is 2. The number of unbranched alkanes of at least 4 members (excludes halogenated alkanes) is 24. The normalized spacial score (nSPS) is 13.6. The second kappa shape index (κ2) is 45.2. The standard InChI is InChI=1S/C50H89NO3/c1-3-5-7-9-11-13-15-17-19-20-21-22-23-24-25-26-27-28-29-30-32-34-36-38-40-42-44-46-50(54)51-48(47-52)49(53)45-43-41-39-37-35-33-31-18-16-14-12-10-8-6-4-2/h5,7,11,13,17,19,21-22,24-25,43,45,48-49,52-53H,3-4,6,8-10,12,14-16,18,20,23,26-42,44,46-47H2,1-2H3,(H,51,54)/b7-5-,13-11-,19-17-,22-21-,25-24-,45-43+.